The van der Waals surface area contributed by atoms with Crippen molar-refractivity contribution in [2.45, 2.75) is 19.4 Å². The number of hydrogen-bond acceptors (Lipinski definition) is 5. The van der Waals surface area contributed by atoms with Gasteiger partial charge in [-0.15, -0.1) is 6.58 Å². The summed E-state index contributed by atoms with van der Waals surface area (Å²) in [5.74, 6) is 0.114. The zero-order valence-corrected chi connectivity index (χ0v) is 18.5. The predicted molar refractivity (Wildman–Crippen MR) is 123 cm³/mol. The minimum atomic E-state index is -0.318. The fraction of sp³-hybridized carbons (Fsp3) is 0.360. The van der Waals surface area contributed by atoms with Gasteiger partial charge in [-0.05, 0) is 30.5 Å². The largest absolute Gasteiger partial charge is 0.506 e. The molecule has 0 radical (unpaired) electrons. The van der Waals surface area contributed by atoms with Crippen molar-refractivity contribution in [3.63, 3.8) is 0 Å². The van der Waals surface area contributed by atoms with Crippen molar-refractivity contribution in [2.75, 3.05) is 45.2 Å². The van der Waals surface area contributed by atoms with Crippen LogP contribution in [-0.2, 0) is 11.2 Å². The van der Waals surface area contributed by atoms with Gasteiger partial charge in [-0.1, -0.05) is 36.4 Å². The average molecular weight is 419 g/mol. The number of aromatic hydroxyl groups is 1. The number of rotatable bonds is 6. The van der Waals surface area contributed by atoms with Crippen LogP contribution in [0.1, 0.15) is 28.3 Å². The molecule has 2 aromatic carbocycles. The van der Waals surface area contributed by atoms with Crippen LogP contribution >= 0.6 is 0 Å². The Kier molecular flexibility index (Phi) is 6.98. The fourth-order valence-corrected chi connectivity index (χ4v) is 4.20. The molecule has 6 nitrogen and oxygen atoms in total. The van der Waals surface area contributed by atoms with Gasteiger partial charge < -0.3 is 14.9 Å². The highest BCUT2D eigenvalue weighted by Gasteiger charge is 2.32. The summed E-state index contributed by atoms with van der Waals surface area (Å²) in [5.41, 5.74) is 3.74. The average Bonchev–Trinajstić information content (AvgIpc) is 2.77. The number of piperazine rings is 1. The van der Waals surface area contributed by atoms with Gasteiger partial charge in [0.2, 0.25) is 5.91 Å². The number of allylic oxidation sites excluding steroid dienone is 1. The van der Waals surface area contributed by atoms with E-state index in [0.717, 1.165) is 35.5 Å². The topological polar surface area (TPSA) is 70.8 Å². The second-order valence-corrected chi connectivity index (χ2v) is 8.09. The van der Waals surface area contributed by atoms with Crippen LogP contribution in [0.15, 0.2) is 49.1 Å². The molecule has 1 saturated heterocycles. The zero-order chi connectivity index (χ0) is 22.5. The second kappa shape index (κ2) is 9.67. The van der Waals surface area contributed by atoms with Crippen molar-refractivity contribution >= 4 is 11.6 Å². The maximum absolute atomic E-state index is 13.0. The summed E-state index contributed by atoms with van der Waals surface area (Å²) in [6.07, 6.45) is 2.23. The molecule has 0 aliphatic carbocycles. The monoisotopic (exact) mass is 418 g/mol. The first-order chi connectivity index (χ1) is 14.9. The maximum Gasteiger partial charge on any atom is 0.244 e. The molecule has 6 heteroatoms. The van der Waals surface area contributed by atoms with Crippen LogP contribution < -0.4 is 4.90 Å². The van der Waals surface area contributed by atoms with E-state index < -0.39 is 0 Å². The number of carbonyl (C=O) groups is 1. The molecule has 1 aliphatic rings. The Bertz CT molecular complexity index is 987. The lowest BCUT2D eigenvalue weighted by molar-refractivity contribution is -0.134. The van der Waals surface area contributed by atoms with E-state index in [1.54, 1.807) is 25.1 Å². The highest BCUT2D eigenvalue weighted by molar-refractivity contribution is 5.83. The zero-order valence-electron chi connectivity index (χ0n) is 18.5. The quantitative estimate of drug-likeness (QED) is 0.729. The number of nitrogens with zero attached hydrogens (tertiary/aromatic N) is 4. The predicted octanol–water partition coefficient (Wildman–Crippen LogP) is 3.25. The van der Waals surface area contributed by atoms with Gasteiger partial charge in [0, 0.05) is 51.5 Å². The molecule has 0 saturated carbocycles. The molecule has 1 unspecified atom stereocenters. The normalized spacial score (nSPS) is 15.2. The molecule has 3 rings (SSSR count). The van der Waals surface area contributed by atoms with E-state index in [-0.39, 0.29) is 17.7 Å². The highest BCUT2D eigenvalue weighted by Crippen LogP contribution is 2.36. The van der Waals surface area contributed by atoms with Crippen molar-refractivity contribution in [1.29, 1.82) is 5.26 Å². The Balaban J connectivity index is 1.87. The van der Waals surface area contributed by atoms with Crippen molar-refractivity contribution in [2.24, 2.45) is 0 Å². The molecule has 1 atom stereocenters. The van der Waals surface area contributed by atoms with Gasteiger partial charge in [0.1, 0.15) is 17.9 Å². The second-order valence-electron chi connectivity index (χ2n) is 8.09. The third-order valence-corrected chi connectivity index (χ3v) is 5.85. The van der Waals surface area contributed by atoms with Gasteiger partial charge in [-0.25, -0.2) is 0 Å². The van der Waals surface area contributed by atoms with Crippen LogP contribution in [0, 0.1) is 18.3 Å². The number of likely N-dealkylation sites (N-methyl/N-ethyl adjacent to an activating group) is 1. The number of benzene rings is 2. The molecule has 1 amide bonds. The van der Waals surface area contributed by atoms with Gasteiger partial charge >= 0.3 is 0 Å². The van der Waals surface area contributed by atoms with E-state index in [2.05, 4.69) is 22.4 Å². The van der Waals surface area contributed by atoms with Crippen LogP contribution in [0.5, 0.6) is 5.75 Å². The Morgan fingerprint density at radius 2 is 1.90 bits per heavy atom. The molecular weight excluding hydrogens is 388 g/mol. The number of amides is 1. The first-order valence-corrected chi connectivity index (χ1v) is 10.5. The summed E-state index contributed by atoms with van der Waals surface area (Å²) in [5, 5.41) is 20.1. The number of carbonyl (C=O) groups excluding carboxylic acids is 1. The fourth-order valence-electron chi connectivity index (χ4n) is 4.20. The lowest BCUT2D eigenvalue weighted by Gasteiger charge is -2.41. The van der Waals surface area contributed by atoms with Gasteiger partial charge in [0.25, 0.3) is 0 Å². The molecule has 1 heterocycles. The van der Waals surface area contributed by atoms with E-state index in [1.165, 1.54) is 0 Å². The lowest BCUT2D eigenvalue weighted by Crippen LogP contribution is -2.51. The molecule has 2 aromatic rings. The number of aryl methyl sites for hydroxylation is 1. The molecule has 0 bridgehead atoms. The Morgan fingerprint density at radius 3 is 2.45 bits per heavy atom. The minimum Gasteiger partial charge on any atom is -0.506 e. The van der Waals surface area contributed by atoms with E-state index in [9.17, 15) is 15.2 Å². The third kappa shape index (κ3) is 4.57. The van der Waals surface area contributed by atoms with Crippen molar-refractivity contribution in [3.8, 4) is 11.8 Å². The van der Waals surface area contributed by atoms with Crippen LogP contribution in [0.3, 0.4) is 0 Å². The summed E-state index contributed by atoms with van der Waals surface area (Å²) in [7, 11) is 3.58. The summed E-state index contributed by atoms with van der Waals surface area (Å²) in [4.78, 5) is 19.1. The maximum atomic E-state index is 13.0. The van der Waals surface area contributed by atoms with Crippen molar-refractivity contribution < 1.29 is 9.90 Å². The third-order valence-electron chi connectivity index (χ3n) is 5.85. The molecule has 31 heavy (non-hydrogen) atoms. The van der Waals surface area contributed by atoms with Crippen molar-refractivity contribution in [1.82, 2.24) is 9.80 Å². The summed E-state index contributed by atoms with van der Waals surface area (Å²) >= 11 is 0. The van der Waals surface area contributed by atoms with Gasteiger partial charge in [0.05, 0.1) is 5.56 Å². The molecular formula is C25H30N4O2. The minimum absolute atomic E-state index is 0.0461. The van der Waals surface area contributed by atoms with Gasteiger partial charge in [0.15, 0.2) is 0 Å². The lowest BCUT2D eigenvalue weighted by atomic mass is 9.98. The number of phenols is 1. The number of phenolic OH excluding ortho intramolecular Hbond substituents is 1. The Morgan fingerprint density at radius 1 is 1.26 bits per heavy atom. The SMILES string of the molecule is C=CCc1c(N2CCN(C(C(=O)N(C)C)c3ccccc3)CC2)cc(C)c(C#N)c1O. The molecule has 1 aliphatic heterocycles. The van der Waals surface area contributed by atoms with Crippen LogP contribution in [0.4, 0.5) is 5.69 Å². The number of hydrogen-bond donors (Lipinski definition) is 1. The number of nitriles is 1. The van der Waals surface area contributed by atoms with E-state index in [4.69, 9.17) is 0 Å². The van der Waals surface area contributed by atoms with E-state index in [0.29, 0.717) is 25.1 Å². The summed E-state index contributed by atoms with van der Waals surface area (Å²) in [6, 6.07) is 13.7. The number of anilines is 1. The molecule has 162 valence electrons. The van der Waals surface area contributed by atoms with Crippen LogP contribution in [-0.4, -0.2) is 61.1 Å². The summed E-state index contributed by atoms with van der Waals surface area (Å²) < 4.78 is 0. The van der Waals surface area contributed by atoms with Gasteiger partial charge in [-0.2, -0.15) is 5.26 Å². The Hall–Kier alpha value is -3.30. The smallest absolute Gasteiger partial charge is 0.244 e. The molecule has 1 fully saturated rings. The highest BCUT2D eigenvalue weighted by atomic mass is 16.3. The molecule has 0 spiro atoms. The van der Waals surface area contributed by atoms with Gasteiger partial charge in [-0.3, -0.25) is 9.69 Å². The van der Waals surface area contributed by atoms with Crippen LogP contribution in [0.2, 0.25) is 0 Å². The van der Waals surface area contributed by atoms with Crippen molar-refractivity contribution in [3.05, 3.63) is 71.3 Å². The first-order valence-electron chi connectivity index (χ1n) is 10.5. The standard InChI is InChI=1S/C25H30N4O2/c1-5-9-20-22(16-18(2)21(17-26)24(20)30)28-12-14-29(15-13-28)23(25(31)27(3)4)19-10-7-6-8-11-19/h5-8,10-11,16,23,30H,1,9,12-15H2,2-4H3. The molecule has 0 aromatic heterocycles. The van der Waals surface area contributed by atoms with E-state index >= 15 is 0 Å². The summed E-state index contributed by atoms with van der Waals surface area (Å²) in [6.45, 7) is 8.52. The first kappa shape index (κ1) is 22.4. The van der Waals surface area contributed by atoms with E-state index in [1.807, 2.05) is 43.3 Å². The Labute approximate surface area is 184 Å². The molecule has 1 N–H and O–H groups in total. The van der Waals surface area contributed by atoms with Crippen LogP contribution in [0.25, 0.3) is 0 Å².